The number of aliphatic imine (C=N–C) groups is 1. The molecule has 1 fully saturated rings. The third kappa shape index (κ3) is 6.20. The standard InChI is InChI=1S/C18H27N3O.HI/c1-2-7-15(8-3-1)20-18(21-16-9-4-5-10-16)19-13-12-17-11-6-14-22-17;/h4-6,11,14-16H,1-3,7-10,12-13H2,(H2,19,20,21);1H. The lowest BCUT2D eigenvalue weighted by Crippen LogP contribution is -2.47. The van der Waals surface area contributed by atoms with Crippen LogP contribution in [-0.2, 0) is 6.42 Å². The maximum absolute atomic E-state index is 5.38. The van der Waals surface area contributed by atoms with Gasteiger partial charge >= 0.3 is 0 Å². The Kier molecular flexibility index (Phi) is 7.99. The summed E-state index contributed by atoms with van der Waals surface area (Å²) in [4.78, 5) is 4.76. The van der Waals surface area contributed by atoms with Crippen LogP contribution in [-0.4, -0.2) is 24.6 Å². The molecule has 4 nitrogen and oxygen atoms in total. The van der Waals surface area contributed by atoms with Crippen LogP contribution in [0.2, 0.25) is 0 Å². The molecule has 0 atom stereocenters. The van der Waals surface area contributed by atoms with Crippen LogP contribution in [0.15, 0.2) is 40.0 Å². The summed E-state index contributed by atoms with van der Waals surface area (Å²) in [6, 6.07) is 5.03. The molecule has 5 heteroatoms. The molecule has 0 unspecified atom stereocenters. The van der Waals surface area contributed by atoms with Crippen molar-refractivity contribution in [3.63, 3.8) is 0 Å². The molecule has 1 saturated carbocycles. The fourth-order valence-electron chi connectivity index (χ4n) is 3.23. The van der Waals surface area contributed by atoms with E-state index in [1.54, 1.807) is 6.26 Å². The number of nitrogens with one attached hydrogen (secondary N) is 2. The van der Waals surface area contributed by atoms with E-state index in [1.807, 2.05) is 12.1 Å². The van der Waals surface area contributed by atoms with E-state index in [9.17, 15) is 0 Å². The van der Waals surface area contributed by atoms with Gasteiger partial charge in [-0.15, -0.1) is 24.0 Å². The number of hydrogen-bond donors (Lipinski definition) is 2. The molecule has 2 aliphatic rings. The van der Waals surface area contributed by atoms with Gasteiger partial charge in [-0.1, -0.05) is 31.4 Å². The summed E-state index contributed by atoms with van der Waals surface area (Å²) < 4.78 is 5.38. The minimum atomic E-state index is 0. The van der Waals surface area contributed by atoms with Gasteiger partial charge in [0.2, 0.25) is 0 Å². The van der Waals surface area contributed by atoms with Crippen molar-refractivity contribution in [1.82, 2.24) is 10.6 Å². The summed E-state index contributed by atoms with van der Waals surface area (Å²) in [5.74, 6) is 1.98. The van der Waals surface area contributed by atoms with Crippen molar-refractivity contribution in [1.29, 1.82) is 0 Å². The summed E-state index contributed by atoms with van der Waals surface area (Å²) in [6.07, 6.45) is 15.9. The Morgan fingerprint density at radius 1 is 1.09 bits per heavy atom. The van der Waals surface area contributed by atoms with E-state index in [4.69, 9.17) is 9.41 Å². The van der Waals surface area contributed by atoms with Crippen molar-refractivity contribution in [2.45, 2.75) is 63.5 Å². The van der Waals surface area contributed by atoms with Crippen molar-refractivity contribution in [2.75, 3.05) is 6.54 Å². The van der Waals surface area contributed by atoms with E-state index in [2.05, 4.69) is 22.8 Å². The third-order valence-corrected chi connectivity index (χ3v) is 4.50. The minimum Gasteiger partial charge on any atom is -0.469 e. The van der Waals surface area contributed by atoms with Gasteiger partial charge in [0.1, 0.15) is 5.76 Å². The number of rotatable bonds is 5. The number of halogens is 1. The first-order valence-corrected chi connectivity index (χ1v) is 8.65. The fourth-order valence-corrected chi connectivity index (χ4v) is 3.23. The lowest BCUT2D eigenvalue weighted by molar-refractivity contribution is 0.408. The van der Waals surface area contributed by atoms with Crippen LogP contribution in [0.25, 0.3) is 0 Å². The summed E-state index contributed by atoms with van der Waals surface area (Å²) in [6.45, 7) is 0.760. The molecule has 0 radical (unpaired) electrons. The zero-order chi connectivity index (χ0) is 15.0. The van der Waals surface area contributed by atoms with E-state index in [-0.39, 0.29) is 24.0 Å². The van der Waals surface area contributed by atoms with E-state index in [0.717, 1.165) is 37.5 Å². The molecule has 23 heavy (non-hydrogen) atoms. The maximum Gasteiger partial charge on any atom is 0.191 e. The highest BCUT2D eigenvalue weighted by atomic mass is 127. The molecular weight excluding hydrogens is 401 g/mol. The van der Waals surface area contributed by atoms with Crippen LogP contribution >= 0.6 is 24.0 Å². The zero-order valence-electron chi connectivity index (χ0n) is 13.7. The van der Waals surface area contributed by atoms with Gasteiger partial charge in [0, 0.05) is 25.0 Å². The van der Waals surface area contributed by atoms with Crippen molar-refractivity contribution < 1.29 is 4.42 Å². The summed E-state index contributed by atoms with van der Waals surface area (Å²) in [5.41, 5.74) is 0. The maximum atomic E-state index is 5.38. The molecule has 1 aromatic heterocycles. The van der Waals surface area contributed by atoms with Crippen LogP contribution in [0.3, 0.4) is 0 Å². The van der Waals surface area contributed by atoms with Crippen molar-refractivity contribution >= 4 is 29.9 Å². The van der Waals surface area contributed by atoms with Gasteiger partial charge in [-0.25, -0.2) is 0 Å². The molecule has 0 amide bonds. The molecular formula is C18H28IN3O. The lowest BCUT2D eigenvalue weighted by atomic mass is 9.96. The Hall–Kier alpha value is -0.980. The van der Waals surface area contributed by atoms with Crippen LogP contribution < -0.4 is 10.6 Å². The highest BCUT2D eigenvalue weighted by Gasteiger charge is 2.17. The molecule has 0 aliphatic heterocycles. The number of hydrogen-bond acceptors (Lipinski definition) is 2. The highest BCUT2D eigenvalue weighted by molar-refractivity contribution is 14.0. The number of furan rings is 1. The first-order chi connectivity index (χ1) is 10.9. The third-order valence-electron chi connectivity index (χ3n) is 4.50. The first kappa shape index (κ1) is 18.4. The molecule has 2 N–H and O–H groups in total. The van der Waals surface area contributed by atoms with Gasteiger partial charge in [-0.3, -0.25) is 4.99 Å². The predicted octanol–water partition coefficient (Wildman–Crippen LogP) is 4.03. The minimum absolute atomic E-state index is 0. The van der Waals surface area contributed by atoms with Gasteiger partial charge in [0.05, 0.1) is 6.26 Å². The molecule has 0 bridgehead atoms. The molecule has 0 saturated heterocycles. The average molecular weight is 429 g/mol. The van der Waals surface area contributed by atoms with Crippen LogP contribution in [0.4, 0.5) is 0 Å². The molecule has 128 valence electrons. The van der Waals surface area contributed by atoms with E-state index in [1.165, 1.54) is 32.1 Å². The fraction of sp³-hybridized carbons (Fsp3) is 0.611. The molecule has 3 rings (SSSR count). The quantitative estimate of drug-likeness (QED) is 0.322. The summed E-state index contributed by atoms with van der Waals surface area (Å²) in [7, 11) is 0. The number of nitrogens with zero attached hydrogens (tertiary/aromatic N) is 1. The Morgan fingerprint density at radius 2 is 1.83 bits per heavy atom. The second-order valence-corrected chi connectivity index (χ2v) is 6.32. The van der Waals surface area contributed by atoms with E-state index in [0.29, 0.717) is 12.1 Å². The zero-order valence-corrected chi connectivity index (χ0v) is 16.0. The SMILES string of the molecule is C1=CCC(NC(=NCCc2ccco2)NC2CCCCC2)C1.I. The molecule has 0 spiro atoms. The normalized spacial score (nSPS) is 19.6. The lowest BCUT2D eigenvalue weighted by Gasteiger charge is -2.26. The second kappa shape index (κ2) is 10.0. The first-order valence-electron chi connectivity index (χ1n) is 8.65. The molecule has 2 aliphatic carbocycles. The van der Waals surface area contributed by atoms with E-state index >= 15 is 0 Å². The van der Waals surface area contributed by atoms with Gasteiger partial charge in [-0.2, -0.15) is 0 Å². The van der Waals surface area contributed by atoms with Gasteiger partial charge in [-0.05, 0) is 37.8 Å². The van der Waals surface area contributed by atoms with Crippen LogP contribution in [0, 0.1) is 0 Å². The van der Waals surface area contributed by atoms with Crippen molar-refractivity contribution in [3.05, 3.63) is 36.3 Å². The van der Waals surface area contributed by atoms with Crippen LogP contribution in [0.5, 0.6) is 0 Å². The average Bonchev–Trinajstić information content (AvgIpc) is 3.22. The summed E-state index contributed by atoms with van der Waals surface area (Å²) in [5, 5.41) is 7.23. The predicted molar refractivity (Wildman–Crippen MR) is 105 cm³/mol. The smallest absolute Gasteiger partial charge is 0.191 e. The van der Waals surface area contributed by atoms with Crippen molar-refractivity contribution in [3.8, 4) is 0 Å². The topological polar surface area (TPSA) is 49.6 Å². The van der Waals surface area contributed by atoms with E-state index < -0.39 is 0 Å². The molecule has 1 heterocycles. The van der Waals surface area contributed by atoms with Gasteiger partial charge in [0.25, 0.3) is 0 Å². The number of guanidine groups is 1. The Labute approximate surface area is 156 Å². The largest absolute Gasteiger partial charge is 0.469 e. The van der Waals surface area contributed by atoms with Gasteiger partial charge in [0.15, 0.2) is 5.96 Å². The molecule has 0 aromatic carbocycles. The Balaban J connectivity index is 0.00000192. The highest BCUT2D eigenvalue weighted by Crippen LogP contribution is 2.17. The van der Waals surface area contributed by atoms with Crippen molar-refractivity contribution in [2.24, 2.45) is 4.99 Å². The second-order valence-electron chi connectivity index (χ2n) is 6.32. The Morgan fingerprint density at radius 3 is 2.52 bits per heavy atom. The molecule has 1 aromatic rings. The monoisotopic (exact) mass is 429 g/mol. The summed E-state index contributed by atoms with van der Waals surface area (Å²) >= 11 is 0. The van der Waals surface area contributed by atoms with Gasteiger partial charge < -0.3 is 15.1 Å². The Bertz CT molecular complexity index is 484. The van der Waals surface area contributed by atoms with Crippen LogP contribution in [0.1, 0.15) is 50.7 Å².